The van der Waals surface area contributed by atoms with E-state index in [0.717, 1.165) is 11.3 Å². The van der Waals surface area contributed by atoms with Gasteiger partial charge in [-0.15, -0.1) is 0 Å². The zero-order valence-corrected chi connectivity index (χ0v) is 15.5. The number of hydrogen-bond donors (Lipinski definition) is 2. The Labute approximate surface area is 147 Å². The Morgan fingerprint density at radius 3 is 2.20 bits per heavy atom. The van der Waals surface area contributed by atoms with E-state index in [1.165, 1.54) is 0 Å². The van der Waals surface area contributed by atoms with Crippen molar-refractivity contribution in [3.05, 3.63) is 17.8 Å². The standard InChI is InChI=1S/C18H25N3O4/c1-7-12-16(19-18(22)10(2)3)15(21-20-12)11-8-13(23-4)17(25-6)14(9-11)24-5/h8-10H,7H2,1-6H3,(H,19,22)(H,20,21). The molecule has 0 unspecified atom stereocenters. The molecule has 2 rings (SSSR count). The fourth-order valence-corrected chi connectivity index (χ4v) is 2.46. The fourth-order valence-electron chi connectivity index (χ4n) is 2.46. The van der Waals surface area contributed by atoms with Crippen molar-refractivity contribution in [3.8, 4) is 28.5 Å². The van der Waals surface area contributed by atoms with E-state index in [9.17, 15) is 4.79 Å². The third kappa shape index (κ3) is 3.70. The number of methoxy groups -OCH3 is 3. The van der Waals surface area contributed by atoms with Crippen LogP contribution < -0.4 is 19.5 Å². The highest BCUT2D eigenvalue weighted by atomic mass is 16.5. The molecule has 0 bridgehead atoms. The number of aryl methyl sites for hydroxylation is 1. The van der Waals surface area contributed by atoms with Crippen LogP contribution in [-0.4, -0.2) is 37.4 Å². The van der Waals surface area contributed by atoms with Crippen LogP contribution in [-0.2, 0) is 11.2 Å². The minimum Gasteiger partial charge on any atom is -0.493 e. The van der Waals surface area contributed by atoms with Crippen LogP contribution in [0.25, 0.3) is 11.3 Å². The molecule has 0 saturated carbocycles. The van der Waals surface area contributed by atoms with Gasteiger partial charge in [-0.3, -0.25) is 9.89 Å². The summed E-state index contributed by atoms with van der Waals surface area (Å²) in [4.78, 5) is 12.2. The molecular formula is C18H25N3O4. The molecule has 7 nitrogen and oxygen atoms in total. The number of nitrogens with one attached hydrogen (secondary N) is 2. The van der Waals surface area contributed by atoms with E-state index in [-0.39, 0.29) is 11.8 Å². The Hall–Kier alpha value is -2.70. The van der Waals surface area contributed by atoms with E-state index < -0.39 is 0 Å². The van der Waals surface area contributed by atoms with Crippen LogP contribution in [0.2, 0.25) is 0 Å². The lowest BCUT2D eigenvalue weighted by Gasteiger charge is -2.14. The Morgan fingerprint density at radius 2 is 1.76 bits per heavy atom. The normalized spacial score (nSPS) is 10.7. The van der Waals surface area contributed by atoms with E-state index in [1.54, 1.807) is 21.3 Å². The van der Waals surface area contributed by atoms with E-state index >= 15 is 0 Å². The first-order valence-corrected chi connectivity index (χ1v) is 8.15. The second kappa shape index (κ2) is 7.92. The number of anilines is 1. The summed E-state index contributed by atoms with van der Waals surface area (Å²) < 4.78 is 16.2. The Bertz CT molecular complexity index is 728. The van der Waals surface area contributed by atoms with Crippen LogP contribution in [0.15, 0.2) is 12.1 Å². The molecule has 0 atom stereocenters. The lowest BCUT2D eigenvalue weighted by Crippen LogP contribution is -2.18. The maximum Gasteiger partial charge on any atom is 0.227 e. The van der Waals surface area contributed by atoms with Gasteiger partial charge in [-0.1, -0.05) is 20.8 Å². The molecule has 0 aliphatic carbocycles. The number of aromatic nitrogens is 2. The first-order valence-electron chi connectivity index (χ1n) is 8.15. The molecule has 1 amide bonds. The highest BCUT2D eigenvalue weighted by Gasteiger charge is 2.21. The second-order valence-electron chi connectivity index (χ2n) is 5.84. The van der Waals surface area contributed by atoms with Crippen LogP contribution in [0.4, 0.5) is 5.69 Å². The summed E-state index contributed by atoms with van der Waals surface area (Å²) in [5.41, 5.74) is 2.92. The van der Waals surface area contributed by atoms with Crippen molar-refractivity contribution < 1.29 is 19.0 Å². The van der Waals surface area contributed by atoms with E-state index in [2.05, 4.69) is 15.5 Å². The van der Waals surface area contributed by atoms with Crippen molar-refractivity contribution >= 4 is 11.6 Å². The zero-order valence-electron chi connectivity index (χ0n) is 15.5. The molecule has 7 heteroatoms. The maximum absolute atomic E-state index is 12.2. The van der Waals surface area contributed by atoms with Crippen molar-refractivity contribution in [2.24, 2.45) is 5.92 Å². The number of ether oxygens (including phenoxy) is 3. The van der Waals surface area contributed by atoms with Crippen molar-refractivity contribution in [1.82, 2.24) is 10.2 Å². The summed E-state index contributed by atoms with van der Waals surface area (Å²) >= 11 is 0. The van der Waals surface area contributed by atoms with Crippen molar-refractivity contribution in [2.75, 3.05) is 26.6 Å². The van der Waals surface area contributed by atoms with Gasteiger partial charge in [0, 0.05) is 11.5 Å². The molecule has 0 saturated heterocycles. The van der Waals surface area contributed by atoms with Crippen LogP contribution in [0.3, 0.4) is 0 Å². The molecular weight excluding hydrogens is 322 g/mol. The van der Waals surface area contributed by atoms with Gasteiger partial charge in [0.1, 0.15) is 5.69 Å². The zero-order chi connectivity index (χ0) is 18.6. The first kappa shape index (κ1) is 18.6. The maximum atomic E-state index is 12.2. The van der Waals surface area contributed by atoms with Gasteiger partial charge in [0.25, 0.3) is 0 Å². The molecule has 0 fully saturated rings. The second-order valence-corrected chi connectivity index (χ2v) is 5.84. The van der Waals surface area contributed by atoms with E-state index in [0.29, 0.717) is 35.1 Å². The number of hydrogen-bond acceptors (Lipinski definition) is 5. The predicted octanol–water partition coefficient (Wildman–Crippen LogP) is 3.26. The number of nitrogens with zero attached hydrogens (tertiary/aromatic N) is 1. The molecule has 0 spiro atoms. The molecule has 1 heterocycles. The third-order valence-electron chi connectivity index (χ3n) is 3.91. The van der Waals surface area contributed by atoms with Gasteiger partial charge in [0.05, 0.1) is 32.7 Å². The number of rotatable bonds is 7. The topological polar surface area (TPSA) is 85.5 Å². The molecule has 2 N–H and O–H groups in total. The van der Waals surface area contributed by atoms with Gasteiger partial charge < -0.3 is 19.5 Å². The van der Waals surface area contributed by atoms with Crippen LogP contribution in [0, 0.1) is 5.92 Å². The van der Waals surface area contributed by atoms with Crippen molar-refractivity contribution in [3.63, 3.8) is 0 Å². The van der Waals surface area contributed by atoms with Crippen LogP contribution in [0.1, 0.15) is 26.5 Å². The number of amides is 1. The lowest BCUT2D eigenvalue weighted by molar-refractivity contribution is -0.118. The summed E-state index contributed by atoms with van der Waals surface area (Å²) in [5.74, 6) is 1.36. The largest absolute Gasteiger partial charge is 0.493 e. The van der Waals surface area contributed by atoms with Gasteiger partial charge >= 0.3 is 0 Å². The number of aromatic amines is 1. The smallest absolute Gasteiger partial charge is 0.227 e. The predicted molar refractivity (Wildman–Crippen MR) is 96.5 cm³/mol. The van der Waals surface area contributed by atoms with Crippen molar-refractivity contribution in [1.29, 1.82) is 0 Å². The van der Waals surface area contributed by atoms with Gasteiger partial charge in [0.15, 0.2) is 11.5 Å². The average Bonchev–Trinajstić information content (AvgIpc) is 3.02. The number of carbonyl (C=O) groups excluding carboxylic acids is 1. The van der Waals surface area contributed by atoms with Gasteiger partial charge in [-0.05, 0) is 18.6 Å². The molecule has 0 aliphatic heterocycles. The Kier molecular flexibility index (Phi) is 5.90. The summed E-state index contributed by atoms with van der Waals surface area (Å²) in [6, 6.07) is 3.62. The molecule has 1 aromatic carbocycles. The quantitative estimate of drug-likeness (QED) is 0.803. The summed E-state index contributed by atoms with van der Waals surface area (Å²) in [6.45, 7) is 5.69. The molecule has 136 valence electrons. The van der Waals surface area contributed by atoms with Gasteiger partial charge in [-0.2, -0.15) is 5.10 Å². The van der Waals surface area contributed by atoms with Crippen molar-refractivity contribution in [2.45, 2.75) is 27.2 Å². The number of carbonyl (C=O) groups is 1. The number of H-pyrrole nitrogens is 1. The average molecular weight is 347 g/mol. The van der Waals surface area contributed by atoms with Crippen LogP contribution in [0.5, 0.6) is 17.2 Å². The first-order chi connectivity index (χ1) is 12.0. The SMILES string of the molecule is CCc1[nH]nc(-c2cc(OC)c(OC)c(OC)c2)c1NC(=O)C(C)C. The van der Waals surface area contributed by atoms with Gasteiger partial charge in [-0.25, -0.2) is 0 Å². The summed E-state index contributed by atoms with van der Waals surface area (Å²) in [7, 11) is 4.67. The minimum atomic E-state index is -0.132. The summed E-state index contributed by atoms with van der Waals surface area (Å²) in [6.07, 6.45) is 0.713. The van der Waals surface area contributed by atoms with E-state index in [1.807, 2.05) is 32.9 Å². The highest BCUT2D eigenvalue weighted by molar-refractivity contribution is 5.96. The lowest BCUT2D eigenvalue weighted by atomic mass is 10.1. The Morgan fingerprint density at radius 1 is 1.16 bits per heavy atom. The molecule has 0 aliphatic rings. The van der Waals surface area contributed by atoms with E-state index in [4.69, 9.17) is 14.2 Å². The molecule has 25 heavy (non-hydrogen) atoms. The highest BCUT2D eigenvalue weighted by Crippen LogP contribution is 2.42. The summed E-state index contributed by atoms with van der Waals surface area (Å²) in [5, 5.41) is 10.3. The third-order valence-corrected chi connectivity index (χ3v) is 3.91. The molecule has 0 radical (unpaired) electrons. The number of benzene rings is 1. The fraction of sp³-hybridized carbons (Fsp3) is 0.444. The van der Waals surface area contributed by atoms with Gasteiger partial charge in [0.2, 0.25) is 11.7 Å². The molecule has 1 aromatic heterocycles. The van der Waals surface area contributed by atoms with Crippen LogP contribution >= 0.6 is 0 Å². The Balaban J connectivity index is 2.58. The minimum absolute atomic E-state index is 0.0650. The molecule has 2 aromatic rings. The monoisotopic (exact) mass is 347 g/mol.